The zero-order chi connectivity index (χ0) is 11.4. The Morgan fingerprint density at radius 2 is 2.12 bits per heavy atom. The largest absolute Gasteiger partial charge is 0.331 e. The number of nitrogens with two attached hydrogens (primary N) is 1. The Balaban J connectivity index is 2.06. The van der Waals surface area contributed by atoms with Crippen molar-refractivity contribution < 1.29 is 0 Å². The van der Waals surface area contributed by atoms with E-state index < -0.39 is 0 Å². The average Bonchev–Trinajstić information content (AvgIpc) is 2.83. The molecule has 0 spiro atoms. The summed E-state index contributed by atoms with van der Waals surface area (Å²) in [6.45, 7) is 4.88. The lowest BCUT2D eigenvalue weighted by molar-refractivity contribution is 0.690. The molecule has 0 saturated carbocycles. The van der Waals surface area contributed by atoms with Gasteiger partial charge in [-0.3, -0.25) is 4.99 Å². The van der Waals surface area contributed by atoms with E-state index in [0.29, 0.717) is 5.92 Å². The summed E-state index contributed by atoms with van der Waals surface area (Å²) in [6.07, 6.45) is 2.96. The second kappa shape index (κ2) is 5.12. The molecule has 0 amide bonds. The minimum atomic E-state index is 0.547. The smallest absolute Gasteiger partial charge is 0.0895 e. The molecule has 2 N–H and O–H groups in total. The quantitative estimate of drug-likeness (QED) is 0.838. The van der Waals surface area contributed by atoms with Crippen LogP contribution in [0.1, 0.15) is 24.8 Å². The maximum absolute atomic E-state index is 5.57. The summed E-state index contributed by atoms with van der Waals surface area (Å²) in [5.41, 5.74) is 8.16. The zero-order valence-corrected chi connectivity index (χ0v) is 9.76. The first-order valence-electron chi connectivity index (χ1n) is 5.88. The summed E-state index contributed by atoms with van der Waals surface area (Å²) >= 11 is 0. The van der Waals surface area contributed by atoms with Gasteiger partial charge < -0.3 is 10.6 Å². The third-order valence-corrected chi connectivity index (χ3v) is 3.08. The van der Waals surface area contributed by atoms with Crippen molar-refractivity contribution in [2.24, 2.45) is 10.7 Å². The van der Waals surface area contributed by atoms with Gasteiger partial charge in [-0.1, -0.05) is 19.1 Å². The van der Waals surface area contributed by atoms with Gasteiger partial charge in [0.25, 0.3) is 0 Å². The second-order valence-corrected chi connectivity index (χ2v) is 4.28. The maximum Gasteiger partial charge on any atom is 0.0895 e. The lowest BCUT2D eigenvalue weighted by Gasteiger charge is -2.16. The number of hydrogen-bond acceptors (Lipinski definition) is 3. The minimum absolute atomic E-state index is 0.547. The van der Waals surface area contributed by atoms with Gasteiger partial charge in [0.15, 0.2) is 0 Å². The SMILES string of the molecule is CC(CCN)c1ccc(N2C=NCC2)cc1. The van der Waals surface area contributed by atoms with E-state index in [-0.39, 0.29) is 0 Å². The first-order chi connectivity index (χ1) is 7.81. The van der Waals surface area contributed by atoms with Gasteiger partial charge in [0, 0.05) is 12.2 Å². The summed E-state index contributed by atoms with van der Waals surface area (Å²) in [5, 5.41) is 0. The summed E-state index contributed by atoms with van der Waals surface area (Å²) in [5.74, 6) is 0.547. The van der Waals surface area contributed by atoms with Crippen LogP contribution in [0.5, 0.6) is 0 Å². The van der Waals surface area contributed by atoms with Gasteiger partial charge in [0.1, 0.15) is 0 Å². The van der Waals surface area contributed by atoms with Crippen LogP contribution in [-0.4, -0.2) is 26.0 Å². The van der Waals surface area contributed by atoms with E-state index in [4.69, 9.17) is 5.73 Å². The predicted molar refractivity (Wildman–Crippen MR) is 69.2 cm³/mol. The van der Waals surface area contributed by atoms with Crippen LogP contribution in [0.15, 0.2) is 29.3 Å². The van der Waals surface area contributed by atoms with Gasteiger partial charge in [0.2, 0.25) is 0 Å². The monoisotopic (exact) mass is 217 g/mol. The average molecular weight is 217 g/mol. The number of anilines is 1. The topological polar surface area (TPSA) is 41.6 Å². The Labute approximate surface area is 97.0 Å². The van der Waals surface area contributed by atoms with E-state index in [9.17, 15) is 0 Å². The first kappa shape index (κ1) is 11.1. The second-order valence-electron chi connectivity index (χ2n) is 4.28. The molecule has 1 aliphatic rings. The third kappa shape index (κ3) is 2.42. The molecule has 3 heteroatoms. The van der Waals surface area contributed by atoms with Crippen LogP contribution in [0.4, 0.5) is 5.69 Å². The van der Waals surface area contributed by atoms with Crippen molar-refractivity contribution in [3.63, 3.8) is 0 Å². The molecule has 1 atom stereocenters. The molecule has 0 bridgehead atoms. The Morgan fingerprint density at radius 3 is 2.69 bits per heavy atom. The first-order valence-corrected chi connectivity index (χ1v) is 5.88. The van der Waals surface area contributed by atoms with Crippen molar-refractivity contribution in [3.8, 4) is 0 Å². The highest BCUT2D eigenvalue weighted by molar-refractivity contribution is 5.80. The van der Waals surface area contributed by atoms with Gasteiger partial charge in [0.05, 0.1) is 12.9 Å². The van der Waals surface area contributed by atoms with Crippen molar-refractivity contribution >= 4 is 12.0 Å². The molecule has 1 aliphatic heterocycles. The fraction of sp³-hybridized carbons (Fsp3) is 0.462. The van der Waals surface area contributed by atoms with E-state index in [2.05, 4.69) is 41.1 Å². The van der Waals surface area contributed by atoms with Crippen LogP contribution in [0.3, 0.4) is 0 Å². The van der Waals surface area contributed by atoms with E-state index in [1.54, 1.807) is 0 Å². The van der Waals surface area contributed by atoms with Crippen molar-refractivity contribution in [2.45, 2.75) is 19.3 Å². The Morgan fingerprint density at radius 1 is 1.38 bits per heavy atom. The number of aliphatic imine (C=N–C) groups is 1. The minimum Gasteiger partial charge on any atom is -0.331 e. The van der Waals surface area contributed by atoms with Crippen LogP contribution in [0.2, 0.25) is 0 Å². The maximum atomic E-state index is 5.57. The predicted octanol–water partition coefficient (Wildman–Crippen LogP) is 1.99. The summed E-state index contributed by atoms with van der Waals surface area (Å²) < 4.78 is 0. The molecular weight excluding hydrogens is 198 g/mol. The molecule has 2 rings (SSSR count). The van der Waals surface area contributed by atoms with Crippen molar-refractivity contribution in [1.82, 2.24) is 0 Å². The molecule has 16 heavy (non-hydrogen) atoms. The molecule has 86 valence electrons. The van der Waals surface area contributed by atoms with Gasteiger partial charge in [-0.25, -0.2) is 0 Å². The zero-order valence-electron chi connectivity index (χ0n) is 9.76. The van der Waals surface area contributed by atoms with Gasteiger partial charge in [-0.05, 0) is 36.6 Å². The van der Waals surface area contributed by atoms with Crippen molar-refractivity contribution in [3.05, 3.63) is 29.8 Å². The van der Waals surface area contributed by atoms with E-state index >= 15 is 0 Å². The fourth-order valence-corrected chi connectivity index (χ4v) is 1.99. The van der Waals surface area contributed by atoms with Crippen molar-refractivity contribution in [1.29, 1.82) is 0 Å². The molecule has 0 saturated heterocycles. The van der Waals surface area contributed by atoms with Crippen LogP contribution in [0.25, 0.3) is 0 Å². The molecule has 3 nitrogen and oxygen atoms in total. The molecule has 1 aromatic carbocycles. The normalized spacial score (nSPS) is 16.8. The molecule has 1 aromatic rings. The third-order valence-electron chi connectivity index (χ3n) is 3.08. The molecule has 1 unspecified atom stereocenters. The number of hydrogen-bond donors (Lipinski definition) is 1. The lowest BCUT2D eigenvalue weighted by Crippen LogP contribution is -2.17. The highest BCUT2D eigenvalue weighted by atomic mass is 15.2. The molecule has 1 heterocycles. The Bertz CT molecular complexity index is 356. The number of benzene rings is 1. The van der Waals surface area contributed by atoms with Crippen LogP contribution < -0.4 is 10.6 Å². The fourth-order valence-electron chi connectivity index (χ4n) is 1.99. The van der Waals surface area contributed by atoms with Gasteiger partial charge in [-0.15, -0.1) is 0 Å². The number of rotatable bonds is 4. The van der Waals surface area contributed by atoms with E-state index in [0.717, 1.165) is 26.1 Å². The van der Waals surface area contributed by atoms with Crippen LogP contribution in [-0.2, 0) is 0 Å². The molecule has 0 fully saturated rings. The summed E-state index contributed by atoms with van der Waals surface area (Å²) in [6, 6.07) is 8.73. The summed E-state index contributed by atoms with van der Waals surface area (Å²) in [4.78, 5) is 6.39. The van der Waals surface area contributed by atoms with Gasteiger partial charge in [-0.2, -0.15) is 0 Å². The van der Waals surface area contributed by atoms with Crippen molar-refractivity contribution in [2.75, 3.05) is 24.5 Å². The van der Waals surface area contributed by atoms with E-state index in [1.807, 2.05) is 6.34 Å². The van der Waals surface area contributed by atoms with Crippen LogP contribution in [0, 0.1) is 0 Å². The number of nitrogens with zero attached hydrogens (tertiary/aromatic N) is 2. The van der Waals surface area contributed by atoms with Gasteiger partial charge >= 0.3 is 0 Å². The highest BCUT2D eigenvalue weighted by Crippen LogP contribution is 2.22. The lowest BCUT2D eigenvalue weighted by atomic mass is 9.98. The molecule has 0 radical (unpaired) electrons. The standard InChI is InChI=1S/C13H19N3/c1-11(6-7-14)12-2-4-13(5-3-12)16-9-8-15-10-16/h2-5,10-11H,6-9,14H2,1H3. The highest BCUT2D eigenvalue weighted by Gasteiger charge is 2.09. The van der Waals surface area contributed by atoms with Crippen LogP contribution >= 0.6 is 0 Å². The van der Waals surface area contributed by atoms with E-state index in [1.165, 1.54) is 11.3 Å². The Hall–Kier alpha value is -1.35. The molecule has 0 aliphatic carbocycles. The summed E-state index contributed by atoms with van der Waals surface area (Å²) in [7, 11) is 0. The molecule has 0 aromatic heterocycles. The Kier molecular flexibility index (Phi) is 3.57. The molecular formula is C13H19N3.